The minimum atomic E-state index is -1.38. The third kappa shape index (κ3) is 5.78. The number of rotatable bonds is 11. The monoisotopic (exact) mass is 612 g/mol. The van der Waals surface area contributed by atoms with Gasteiger partial charge in [0.1, 0.15) is 28.6 Å². The first-order chi connectivity index (χ1) is 21.2. The smallest absolute Gasteiger partial charge is 0.299 e. The Hall–Kier alpha value is -5.03. The molecule has 1 unspecified atom stereocenters. The molecule has 1 N–H and O–H groups in total. The number of carbonyl (C=O) groups is 4. The van der Waals surface area contributed by atoms with Crippen molar-refractivity contribution in [2.45, 2.75) is 32.4 Å². The Morgan fingerprint density at radius 1 is 1.00 bits per heavy atom. The molecule has 1 aliphatic heterocycles. The standard InChI is InChI=1S/C33H32N4O6S/c1-5-33(2,32(41)35-24-16-15-22(42-3)17-27(24)43-4)37(18-28-34-25(20-44-28)21-11-7-6-8-12-21)29(38)19-36-26-14-10-9-13-23(26)30(39)31(36)40/h6-17,20H,5,18-19H2,1-4H3,(H,35,41). The van der Waals surface area contributed by atoms with Crippen molar-refractivity contribution in [2.24, 2.45) is 0 Å². The van der Waals surface area contributed by atoms with E-state index in [-0.39, 0.29) is 18.5 Å². The fraction of sp³-hybridized carbons (Fsp3) is 0.242. The molecular weight excluding hydrogens is 580 g/mol. The molecule has 44 heavy (non-hydrogen) atoms. The lowest BCUT2D eigenvalue weighted by molar-refractivity contribution is -0.145. The van der Waals surface area contributed by atoms with Gasteiger partial charge in [0.15, 0.2) is 0 Å². The summed E-state index contributed by atoms with van der Waals surface area (Å²) in [6.45, 7) is 3.06. The first-order valence-electron chi connectivity index (χ1n) is 14.0. The number of hydrogen-bond donors (Lipinski definition) is 1. The highest BCUT2D eigenvalue weighted by atomic mass is 32.1. The molecule has 2 heterocycles. The van der Waals surface area contributed by atoms with Gasteiger partial charge in [0, 0.05) is 17.0 Å². The van der Waals surface area contributed by atoms with E-state index in [1.54, 1.807) is 49.4 Å². The summed E-state index contributed by atoms with van der Waals surface area (Å²) >= 11 is 1.37. The van der Waals surface area contributed by atoms with Gasteiger partial charge in [0.25, 0.3) is 11.7 Å². The first kappa shape index (κ1) is 30.4. The lowest BCUT2D eigenvalue weighted by Crippen LogP contribution is -2.58. The van der Waals surface area contributed by atoms with Crippen LogP contribution >= 0.6 is 11.3 Å². The maximum atomic E-state index is 14.2. The summed E-state index contributed by atoms with van der Waals surface area (Å²) in [5, 5.41) is 5.42. The number of Topliss-reactive ketones (excluding diaryl/α,β-unsaturated/α-hetero) is 1. The van der Waals surface area contributed by atoms with Crippen LogP contribution in [0, 0.1) is 0 Å². The van der Waals surface area contributed by atoms with E-state index in [1.165, 1.54) is 35.4 Å². The van der Waals surface area contributed by atoms with Crippen LogP contribution in [0.3, 0.4) is 0 Å². The summed E-state index contributed by atoms with van der Waals surface area (Å²) in [6, 6.07) is 21.2. The number of fused-ring (bicyclic) bond motifs is 1. The highest BCUT2D eigenvalue weighted by Crippen LogP contribution is 2.34. The van der Waals surface area contributed by atoms with Crippen LogP contribution in [0.5, 0.6) is 11.5 Å². The molecule has 0 radical (unpaired) electrons. The Kier molecular flexibility index (Phi) is 8.77. The van der Waals surface area contributed by atoms with Gasteiger partial charge in [-0.3, -0.25) is 24.1 Å². The molecular formula is C33H32N4O6S. The molecule has 0 fully saturated rings. The number of nitrogens with one attached hydrogen (secondary N) is 1. The summed E-state index contributed by atoms with van der Waals surface area (Å²) < 4.78 is 10.7. The molecule has 1 atom stereocenters. The number of methoxy groups -OCH3 is 2. The molecule has 4 aromatic rings. The van der Waals surface area contributed by atoms with E-state index >= 15 is 0 Å². The number of para-hydroxylation sites is 1. The fourth-order valence-electron chi connectivity index (χ4n) is 5.06. The summed E-state index contributed by atoms with van der Waals surface area (Å²) in [4.78, 5) is 61.2. The topological polar surface area (TPSA) is 118 Å². The number of amides is 3. The number of carbonyl (C=O) groups excluding carboxylic acids is 4. The molecule has 0 bridgehead atoms. The molecule has 1 aliphatic rings. The van der Waals surface area contributed by atoms with Crippen molar-refractivity contribution >= 4 is 46.2 Å². The summed E-state index contributed by atoms with van der Waals surface area (Å²) in [5.41, 5.74) is 1.30. The van der Waals surface area contributed by atoms with Gasteiger partial charge < -0.3 is 19.7 Å². The molecule has 0 aliphatic carbocycles. The van der Waals surface area contributed by atoms with Gasteiger partial charge in [0.2, 0.25) is 11.8 Å². The van der Waals surface area contributed by atoms with Crippen LogP contribution in [-0.2, 0) is 20.9 Å². The van der Waals surface area contributed by atoms with E-state index in [4.69, 9.17) is 14.5 Å². The Morgan fingerprint density at radius 3 is 2.43 bits per heavy atom. The Labute approximate surface area is 259 Å². The largest absolute Gasteiger partial charge is 0.497 e. The van der Waals surface area contributed by atoms with Gasteiger partial charge in [-0.05, 0) is 37.6 Å². The van der Waals surface area contributed by atoms with E-state index in [9.17, 15) is 19.2 Å². The second-order valence-electron chi connectivity index (χ2n) is 10.4. The van der Waals surface area contributed by atoms with Crippen molar-refractivity contribution in [3.63, 3.8) is 0 Å². The quantitative estimate of drug-likeness (QED) is 0.232. The third-order valence-electron chi connectivity index (χ3n) is 7.82. The Bertz CT molecular complexity index is 1720. The first-order valence-corrected chi connectivity index (χ1v) is 14.9. The van der Waals surface area contributed by atoms with Crippen LogP contribution in [0.1, 0.15) is 35.6 Å². The molecule has 11 heteroatoms. The van der Waals surface area contributed by atoms with Gasteiger partial charge in [-0.2, -0.15) is 0 Å². The predicted octanol–water partition coefficient (Wildman–Crippen LogP) is 5.19. The molecule has 0 saturated heterocycles. The second kappa shape index (κ2) is 12.7. The number of ketones is 1. The minimum Gasteiger partial charge on any atom is -0.497 e. The summed E-state index contributed by atoms with van der Waals surface area (Å²) in [7, 11) is 3.02. The van der Waals surface area contributed by atoms with E-state index in [1.807, 2.05) is 42.6 Å². The maximum Gasteiger partial charge on any atom is 0.299 e. The van der Waals surface area contributed by atoms with E-state index in [0.29, 0.717) is 27.9 Å². The molecule has 5 rings (SSSR count). The Morgan fingerprint density at radius 2 is 1.73 bits per heavy atom. The summed E-state index contributed by atoms with van der Waals surface area (Å²) in [5.74, 6) is -1.49. The number of aromatic nitrogens is 1. The van der Waals surface area contributed by atoms with Crippen LogP contribution in [0.25, 0.3) is 11.3 Å². The molecule has 0 saturated carbocycles. The van der Waals surface area contributed by atoms with E-state index in [0.717, 1.165) is 11.3 Å². The van der Waals surface area contributed by atoms with Gasteiger partial charge in [-0.15, -0.1) is 11.3 Å². The Balaban J connectivity index is 1.49. The lowest BCUT2D eigenvalue weighted by atomic mass is 9.94. The van der Waals surface area contributed by atoms with Crippen molar-refractivity contribution in [1.82, 2.24) is 9.88 Å². The molecule has 0 spiro atoms. The number of benzene rings is 3. The zero-order chi connectivity index (χ0) is 31.4. The van der Waals surface area contributed by atoms with Crippen molar-refractivity contribution in [1.29, 1.82) is 0 Å². The number of hydrogen-bond acceptors (Lipinski definition) is 8. The van der Waals surface area contributed by atoms with Gasteiger partial charge in [0.05, 0.1) is 43.4 Å². The number of ether oxygens (including phenoxy) is 2. The minimum absolute atomic E-state index is 0.00542. The molecule has 10 nitrogen and oxygen atoms in total. The predicted molar refractivity (Wildman–Crippen MR) is 168 cm³/mol. The second-order valence-corrected chi connectivity index (χ2v) is 11.3. The van der Waals surface area contributed by atoms with Crippen LogP contribution in [0.2, 0.25) is 0 Å². The molecule has 226 valence electrons. The average Bonchev–Trinajstić information content (AvgIpc) is 3.62. The highest BCUT2D eigenvalue weighted by Gasteiger charge is 2.44. The normalized spacial score (nSPS) is 13.7. The zero-order valence-electron chi connectivity index (χ0n) is 24.8. The van der Waals surface area contributed by atoms with Crippen molar-refractivity contribution in [3.05, 3.63) is 88.7 Å². The van der Waals surface area contributed by atoms with Crippen molar-refractivity contribution in [2.75, 3.05) is 31.0 Å². The lowest BCUT2D eigenvalue weighted by Gasteiger charge is -2.40. The summed E-state index contributed by atoms with van der Waals surface area (Å²) in [6.07, 6.45) is 0.240. The van der Waals surface area contributed by atoms with Gasteiger partial charge in [-0.1, -0.05) is 49.4 Å². The highest BCUT2D eigenvalue weighted by molar-refractivity contribution is 7.09. The van der Waals surface area contributed by atoms with E-state index < -0.39 is 35.6 Å². The van der Waals surface area contributed by atoms with Crippen molar-refractivity contribution in [3.8, 4) is 22.8 Å². The van der Waals surface area contributed by atoms with Crippen LogP contribution in [0.15, 0.2) is 78.2 Å². The van der Waals surface area contributed by atoms with E-state index in [2.05, 4.69) is 5.32 Å². The van der Waals surface area contributed by atoms with Crippen molar-refractivity contribution < 1.29 is 28.7 Å². The van der Waals surface area contributed by atoms with Crippen LogP contribution in [0.4, 0.5) is 11.4 Å². The molecule has 3 amide bonds. The average molecular weight is 613 g/mol. The fourth-order valence-corrected chi connectivity index (χ4v) is 5.85. The van der Waals surface area contributed by atoms with Gasteiger partial charge in [-0.25, -0.2) is 4.98 Å². The number of anilines is 2. The SMILES string of the molecule is CCC(C)(C(=O)Nc1ccc(OC)cc1OC)N(Cc1nc(-c2ccccc2)cs1)C(=O)CN1C(=O)C(=O)c2ccccc21. The maximum absolute atomic E-state index is 14.2. The number of thiazole rings is 1. The third-order valence-corrected chi connectivity index (χ3v) is 8.65. The molecule has 1 aromatic heterocycles. The molecule has 3 aromatic carbocycles. The van der Waals surface area contributed by atoms with Crippen LogP contribution in [-0.4, -0.2) is 59.7 Å². The zero-order valence-corrected chi connectivity index (χ0v) is 25.6. The van der Waals surface area contributed by atoms with Crippen LogP contribution < -0.4 is 19.7 Å². The van der Waals surface area contributed by atoms with Gasteiger partial charge >= 0.3 is 0 Å². The number of nitrogens with zero attached hydrogens (tertiary/aromatic N) is 3.